The number of hydrogen-bond donors (Lipinski definition) is 0. The van der Waals surface area contributed by atoms with Crippen molar-refractivity contribution in [1.82, 2.24) is 0 Å². The first kappa shape index (κ1) is 14.0. The predicted octanol–water partition coefficient (Wildman–Crippen LogP) is 5.11. The molecule has 2 aliphatic rings. The second-order valence-corrected chi connectivity index (χ2v) is 7.30. The summed E-state index contributed by atoms with van der Waals surface area (Å²) in [4.78, 5) is 3.68. The molecule has 0 aliphatic heterocycles. The molecule has 3 nitrogen and oxygen atoms in total. The molecule has 0 amide bonds. The van der Waals surface area contributed by atoms with E-state index in [0.29, 0.717) is 16.7 Å². The first-order valence-corrected chi connectivity index (χ1v) is 8.43. The largest absolute Gasteiger partial charge is 0.0903 e. The fourth-order valence-electron chi connectivity index (χ4n) is 4.21. The molecule has 3 rings (SSSR count). The third kappa shape index (κ3) is 2.72. The van der Waals surface area contributed by atoms with Crippen molar-refractivity contribution in [1.29, 1.82) is 0 Å². The van der Waals surface area contributed by atoms with Crippen LogP contribution in [0.4, 0.5) is 0 Å². The Labute approximate surface area is 128 Å². The van der Waals surface area contributed by atoms with Gasteiger partial charge in [0.2, 0.25) is 0 Å². The average molecular weight is 334 g/mol. The Kier molecular flexibility index (Phi) is 4.32. The van der Waals surface area contributed by atoms with Crippen molar-refractivity contribution in [2.24, 2.45) is 22.9 Å². The van der Waals surface area contributed by atoms with Crippen LogP contribution in [0.1, 0.15) is 31.2 Å². The maximum Gasteiger partial charge on any atom is 0.0405 e. The molecule has 5 atom stereocenters. The molecule has 2 bridgehead atoms. The molecule has 1 aromatic rings. The van der Waals surface area contributed by atoms with E-state index < -0.39 is 0 Å². The fourth-order valence-corrected chi connectivity index (χ4v) is 5.13. The quantitative estimate of drug-likeness (QED) is 0.319. The van der Waals surface area contributed by atoms with Gasteiger partial charge >= 0.3 is 0 Å². The van der Waals surface area contributed by atoms with Gasteiger partial charge in [-0.25, -0.2) is 0 Å². The van der Waals surface area contributed by atoms with Crippen molar-refractivity contribution < 1.29 is 0 Å². The predicted molar refractivity (Wildman–Crippen MR) is 84.7 cm³/mol. The molecule has 2 aliphatic carbocycles. The lowest BCUT2D eigenvalue weighted by atomic mass is 9.82. The zero-order valence-electron chi connectivity index (χ0n) is 11.5. The van der Waals surface area contributed by atoms with Crippen LogP contribution < -0.4 is 0 Å². The summed E-state index contributed by atoms with van der Waals surface area (Å²) >= 11 is 3.89. The van der Waals surface area contributed by atoms with Crippen molar-refractivity contribution in [3.8, 4) is 0 Å². The first-order valence-electron chi connectivity index (χ1n) is 7.52. The summed E-state index contributed by atoms with van der Waals surface area (Å²) < 4.78 is 0. The van der Waals surface area contributed by atoms with Gasteiger partial charge in [0.15, 0.2) is 0 Å². The van der Waals surface area contributed by atoms with E-state index in [-0.39, 0.29) is 6.04 Å². The second kappa shape index (κ2) is 6.19. The Balaban J connectivity index is 1.85. The first-order chi connectivity index (χ1) is 9.79. The van der Waals surface area contributed by atoms with Gasteiger partial charge in [-0.2, -0.15) is 0 Å². The molecular weight excluding hydrogens is 314 g/mol. The van der Waals surface area contributed by atoms with E-state index in [9.17, 15) is 0 Å². The summed E-state index contributed by atoms with van der Waals surface area (Å²) in [7, 11) is 0. The molecule has 0 radical (unpaired) electrons. The van der Waals surface area contributed by atoms with Gasteiger partial charge in [0.05, 0.1) is 0 Å². The van der Waals surface area contributed by atoms with Gasteiger partial charge in [-0.3, -0.25) is 0 Å². The lowest BCUT2D eigenvalue weighted by Crippen LogP contribution is -2.25. The fraction of sp³-hybridized carbons (Fsp3) is 0.625. The Morgan fingerprint density at radius 3 is 2.60 bits per heavy atom. The van der Waals surface area contributed by atoms with Crippen LogP contribution in [0.15, 0.2) is 35.4 Å². The van der Waals surface area contributed by atoms with E-state index in [2.05, 4.69) is 56.3 Å². The Hall–Kier alpha value is -0.990. The lowest BCUT2D eigenvalue weighted by molar-refractivity contribution is 0.294. The van der Waals surface area contributed by atoms with Gasteiger partial charge in [-0.1, -0.05) is 51.4 Å². The number of benzene rings is 1. The van der Waals surface area contributed by atoms with E-state index in [1.807, 2.05) is 0 Å². The van der Waals surface area contributed by atoms with Gasteiger partial charge in [0.25, 0.3) is 0 Å². The topological polar surface area (TPSA) is 48.8 Å². The number of rotatable bonds is 3. The molecule has 0 aromatic heterocycles. The normalized spacial score (nSPS) is 36.1. The highest BCUT2D eigenvalue weighted by atomic mass is 79.9. The third-order valence-electron chi connectivity index (χ3n) is 5.14. The monoisotopic (exact) mass is 333 g/mol. The Morgan fingerprint density at radius 2 is 1.85 bits per heavy atom. The minimum Gasteiger partial charge on any atom is -0.0903 e. The summed E-state index contributed by atoms with van der Waals surface area (Å²) in [5.41, 5.74) is 10.2. The van der Waals surface area contributed by atoms with Crippen LogP contribution in [0.5, 0.6) is 0 Å². The summed E-state index contributed by atoms with van der Waals surface area (Å²) in [6.45, 7) is 0. The van der Waals surface area contributed by atoms with Crippen LogP contribution in [-0.2, 0) is 6.42 Å². The summed E-state index contributed by atoms with van der Waals surface area (Å²) in [6, 6.07) is 10.9. The zero-order valence-corrected chi connectivity index (χ0v) is 13.1. The molecule has 0 saturated heterocycles. The smallest absolute Gasteiger partial charge is 0.0405 e. The molecule has 2 saturated carbocycles. The van der Waals surface area contributed by atoms with E-state index in [1.165, 1.54) is 18.4 Å². The van der Waals surface area contributed by atoms with E-state index in [1.54, 1.807) is 0 Å². The molecule has 5 unspecified atom stereocenters. The molecule has 0 heterocycles. The third-order valence-corrected chi connectivity index (χ3v) is 6.28. The van der Waals surface area contributed by atoms with Gasteiger partial charge in [-0.05, 0) is 61.0 Å². The van der Waals surface area contributed by atoms with Crippen LogP contribution >= 0.6 is 15.9 Å². The van der Waals surface area contributed by atoms with Crippen LogP contribution in [-0.4, -0.2) is 10.9 Å². The second-order valence-electron chi connectivity index (χ2n) is 6.12. The van der Waals surface area contributed by atoms with Crippen molar-refractivity contribution in [2.75, 3.05) is 0 Å². The van der Waals surface area contributed by atoms with Crippen LogP contribution in [0.2, 0.25) is 0 Å². The average Bonchev–Trinajstić information content (AvgIpc) is 2.82. The van der Waals surface area contributed by atoms with Crippen molar-refractivity contribution in [2.45, 2.75) is 43.0 Å². The van der Waals surface area contributed by atoms with Gasteiger partial charge in [-0.15, -0.1) is 0 Å². The minimum absolute atomic E-state index is 0.196. The standard InChI is InChI=1S/C16H20BrN3/c17-15-8-9-16(19-20-18)13-7-6-12(15)14(13)10-11-4-2-1-3-5-11/h1-5,12-16H,6-10H2. The van der Waals surface area contributed by atoms with Gasteiger partial charge in [0, 0.05) is 15.8 Å². The van der Waals surface area contributed by atoms with Crippen LogP contribution in [0.3, 0.4) is 0 Å². The lowest BCUT2D eigenvalue weighted by Gasteiger charge is -2.26. The maximum absolute atomic E-state index is 8.83. The van der Waals surface area contributed by atoms with Crippen molar-refractivity contribution in [3.63, 3.8) is 0 Å². The number of halogens is 1. The summed E-state index contributed by atoms with van der Waals surface area (Å²) in [6.07, 6.45) is 5.78. The van der Waals surface area contributed by atoms with Crippen molar-refractivity contribution in [3.05, 3.63) is 46.3 Å². The Bertz CT molecular complexity index is 498. The Morgan fingerprint density at radius 1 is 1.10 bits per heavy atom. The van der Waals surface area contributed by atoms with E-state index in [4.69, 9.17) is 5.53 Å². The maximum atomic E-state index is 8.83. The number of hydrogen-bond acceptors (Lipinski definition) is 1. The number of alkyl halides is 1. The van der Waals surface area contributed by atoms with E-state index in [0.717, 1.165) is 25.2 Å². The molecule has 2 fully saturated rings. The van der Waals surface area contributed by atoms with Gasteiger partial charge in [0.1, 0.15) is 0 Å². The molecule has 0 spiro atoms. The number of azide groups is 1. The van der Waals surface area contributed by atoms with E-state index >= 15 is 0 Å². The molecule has 106 valence electrons. The number of fused-ring (bicyclic) bond motifs is 2. The highest BCUT2D eigenvalue weighted by Gasteiger charge is 2.44. The van der Waals surface area contributed by atoms with Gasteiger partial charge < -0.3 is 0 Å². The highest BCUT2D eigenvalue weighted by Crippen LogP contribution is 2.49. The molecule has 4 heteroatoms. The molecule has 0 N–H and O–H groups in total. The summed E-state index contributed by atoms with van der Waals surface area (Å²) in [5, 5.41) is 4.11. The molecular formula is C16H20BrN3. The van der Waals surface area contributed by atoms with Crippen molar-refractivity contribution >= 4 is 15.9 Å². The summed E-state index contributed by atoms with van der Waals surface area (Å²) in [5.74, 6) is 1.96. The minimum atomic E-state index is 0.196. The number of nitrogens with zero attached hydrogens (tertiary/aromatic N) is 3. The highest BCUT2D eigenvalue weighted by molar-refractivity contribution is 9.09. The SMILES string of the molecule is [N-]=[N+]=NC1CCC(Br)C2CCC1C2Cc1ccccc1. The zero-order chi connectivity index (χ0) is 13.9. The van der Waals surface area contributed by atoms with Crippen LogP contribution in [0, 0.1) is 17.8 Å². The molecule has 20 heavy (non-hydrogen) atoms. The van der Waals surface area contributed by atoms with Crippen LogP contribution in [0.25, 0.3) is 10.4 Å². The molecule has 1 aromatic carbocycles.